The number of rotatable bonds is 7. The molecule has 1 aliphatic carbocycles. The number of guanidine groups is 1. The second-order valence-corrected chi connectivity index (χ2v) is 9.14. The maximum Gasteiger partial charge on any atom is 0.251 e. The summed E-state index contributed by atoms with van der Waals surface area (Å²) in [5.74, 6) is 3.33. The van der Waals surface area contributed by atoms with E-state index in [1.54, 1.807) is 7.05 Å². The van der Waals surface area contributed by atoms with Crippen LogP contribution >= 0.6 is 35.7 Å². The van der Waals surface area contributed by atoms with Gasteiger partial charge in [0.2, 0.25) is 0 Å². The minimum absolute atomic E-state index is 0. The third-order valence-corrected chi connectivity index (χ3v) is 7.09. The summed E-state index contributed by atoms with van der Waals surface area (Å²) >= 11 is 2.07. The van der Waals surface area contributed by atoms with E-state index in [9.17, 15) is 4.79 Å². The molecule has 1 heterocycles. The maximum absolute atomic E-state index is 11.8. The lowest BCUT2D eigenvalue weighted by Gasteiger charge is -2.43. The quantitative estimate of drug-likeness (QED) is 0.280. The van der Waals surface area contributed by atoms with Crippen LogP contribution in [0.15, 0.2) is 29.3 Å². The van der Waals surface area contributed by atoms with Crippen molar-refractivity contribution in [3.8, 4) is 0 Å². The summed E-state index contributed by atoms with van der Waals surface area (Å²) in [7, 11) is 3.49. The van der Waals surface area contributed by atoms with Gasteiger partial charge in [-0.25, -0.2) is 0 Å². The van der Waals surface area contributed by atoms with Gasteiger partial charge in [0.1, 0.15) is 0 Å². The number of amides is 1. The van der Waals surface area contributed by atoms with Crippen molar-refractivity contribution >= 4 is 47.6 Å². The fourth-order valence-corrected chi connectivity index (χ4v) is 5.39. The molecule has 2 aliphatic rings. The number of hydrogen-bond acceptors (Lipinski definition) is 4. The number of halogens is 1. The first kappa shape index (κ1) is 25.3. The van der Waals surface area contributed by atoms with Crippen LogP contribution in [0.1, 0.15) is 41.6 Å². The molecule has 0 aromatic heterocycles. The van der Waals surface area contributed by atoms with Gasteiger partial charge in [-0.2, -0.15) is 11.8 Å². The molecule has 0 spiro atoms. The zero-order chi connectivity index (χ0) is 20.5. The van der Waals surface area contributed by atoms with Crippen molar-refractivity contribution in [1.29, 1.82) is 0 Å². The van der Waals surface area contributed by atoms with E-state index in [0.717, 1.165) is 31.0 Å². The summed E-state index contributed by atoms with van der Waals surface area (Å²) in [5, 5.41) is 9.72. The van der Waals surface area contributed by atoms with E-state index in [0.29, 0.717) is 11.1 Å². The normalized spacial score (nSPS) is 19.1. The van der Waals surface area contributed by atoms with E-state index in [1.807, 2.05) is 25.2 Å². The number of carbonyl (C=O) groups is 1. The Hall–Kier alpha value is -1.00. The van der Waals surface area contributed by atoms with Crippen LogP contribution in [0.5, 0.6) is 0 Å². The predicted octanol–water partition coefficient (Wildman–Crippen LogP) is 2.73. The van der Waals surface area contributed by atoms with Gasteiger partial charge in [-0.3, -0.25) is 14.7 Å². The molecule has 2 fully saturated rings. The molecule has 3 N–H and O–H groups in total. The van der Waals surface area contributed by atoms with Gasteiger partial charge in [0.25, 0.3) is 5.91 Å². The van der Waals surface area contributed by atoms with E-state index >= 15 is 0 Å². The number of benzene rings is 1. The van der Waals surface area contributed by atoms with Crippen LogP contribution in [0, 0.1) is 0 Å². The largest absolute Gasteiger partial charge is 0.356 e. The lowest BCUT2D eigenvalue weighted by molar-refractivity contribution is 0.0963. The number of carbonyl (C=O) groups excluding carboxylic acids is 1. The van der Waals surface area contributed by atoms with Crippen molar-refractivity contribution in [2.24, 2.45) is 4.99 Å². The monoisotopic (exact) mass is 545 g/mol. The summed E-state index contributed by atoms with van der Waals surface area (Å²) in [6, 6.07) is 7.80. The first-order valence-electron chi connectivity index (χ1n) is 10.8. The van der Waals surface area contributed by atoms with E-state index in [2.05, 4.69) is 43.7 Å². The van der Waals surface area contributed by atoms with Crippen molar-refractivity contribution in [3.63, 3.8) is 0 Å². The number of nitrogens with one attached hydrogen (secondary N) is 3. The lowest BCUT2D eigenvalue weighted by Crippen LogP contribution is -2.57. The molecule has 1 saturated carbocycles. The molecule has 0 atom stereocenters. The molecule has 3 rings (SSSR count). The van der Waals surface area contributed by atoms with Gasteiger partial charge in [0.15, 0.2) is 5.96 Å². The standard InChI is InChI=1S/C22H35N5OS.HI/c1-23-20(28)19-7-5-6-18(16-19)8-11-25-21(24-2)26-17-22(9-3-4-10-22)27-12-14-29-15-13-27;/h5-7,16H,3-4,8-15,17H2,1-2H3,(H,23,28)(H2,24,25,26);1H. The molecular weight excluding hydrogens is 509 g/mol. The molecule has 168 valence electrons. The molecular formula is C22H36IN5OS. The highest BCUT2D eigenvalue weighted by Gasteiger charge is 2.39. The minimum atomic E-state index is -0.0461. The van der Waals surface area contributed by atoms with Crippen LogP contribution in [-0.2, 0) is 6.42 Å². The zero-order valence-electron chi connectivity index (χ0n) is 18.2. The zero-order valence-corrected chi connectivity index (χ0v) is 21.4. The third-order valence-electron chi connectivity index (χ3n) is 6.15. The fraction of sp³-hybridized carbons (Fsp3) is 0.636. The van der Waals surface area contributed by atoms with E-state index in [-0.39, 0.29) is 29.9 Å². The van der Waals surface area contributed by atoms with Crippen molar-refractivity contribution in [2.45, 2.75) is 37.6 Å². The smallest absolute Gasteiger partial charge is 0.251 e. The molecule has 1 amide bonds. The van der Waals surface area contributed by atoms with Gasteiger partial charge in [-0.05, 0) is 37.0 Å². The van der Waals surface area contributed by atoms with Gasteiger partial charge in [-0.1, -0.05) is 25.0 Å². The predicted molar refractivity (Wildman–Crippen MR) is 138 cm³/mol. The van der Waals surface area contributed by atoms with Crippen molar-refractivity contribution in [1.82, 2.24) is 20.9 Å². The lowest BCUT2D eigenvalue weighted by atomic mass is 9.94. The summed E-state index contributed by atoms with van der Waals surface area (Å²) < 4.78 is 0. The molecule has 0 radical (unpaired) electrons. The third kappa shape index (κ3) is 6.75. The van der Waals surface area contributed by atoms with E-state index < -0.39 is 0 Å². The van der Waals surface area contributed by atoms with Gasteiger partial charge >= 0.3 is 0 Å². The molecule has 1 saturated heterocycles. The Kier molecular flexibility index (Phi) is 10.7. The second-order valence-electron chi connectivity index (χ2n) is 7.91. The SMILES string of the molecule is CN=C(NCCc1cccc(C(=O)NC)c1)NCC1(N2CCSCC2)CCCC1.I. The van der Waals surface area contributed by atoms with Gasteiger partial charge < -0.3 is 16.0 Å². The number of thioether (sulfide) groups is 1. The Balaban J connectivity index is 0.00000320. The summed E-state index contributed by atoms with van der Waals surface area (Å²) in [4.78, 5) is 19.0. The van der Waals surface area contributed by atoms with Crippen LogP contribution in [0.25, 0.3) is 0 Å². The number of hydrogen-bond donors (Lipinski definition) is 3. The molecule has 6 nitrogen and oxygen atoms in total. The Labute approximate surface area is 202 Å². The van der Waals surface area contributed by atoms with Crippen molar-refractivity contribution in [2.75, 3.05) is 51.8 Å². The van der Waals surface area contributed by atoms with Crippen molar-refractivity contribution in [3.05, 3.63) is 35.4 Å². The number of nitrogens with zero attached hydrogens (tertiary/aromatic N) is 2. The van der Waals surface area contributed by atoms with Crippen LogP contribution in [-0.4, -0.2) is 74.1 Å². The average molecular weight is 546 g/mol. The highest BCUT2D eigenvalue weighted by molar-refractivity contribution is 14.0. The molecule has 30 heavy (non-hydrogen) atoms. The first-order chi connectivity index (χ1) is 14.2. The molecule has 1 aromatic carbocycles. The summed E-state index contributed by atoms with van der Waals surface area (Å²) in [5.41, 5.74) is 2.14. The molecule has 0 bridgehead atoms. The van der Waals surface area contributed by atoms with Crippen LogP contribution in [0.4, 0.5) is 0 Å². The Bertz CT molecular complexity index is 703. The van der Waals surface area contributed by atoms with Crippen LogP contribution in [0.3, 0.4) is 0 Å². The highest BCUT2D eigenvalue weighted by Crippen LogP contribution is 2.36. The summed E-state index contributed by atoms with van der Waals surface area (Å²) in [6.07, 6.45) is 6.08. The Morgan fingerprint density at radius 1 is 1.20 bits per heavy atom. The summed E-state index contributed by atoms with van der Waals surface area (Å²) in [6.45, 7) is 4.16. The first-order valence-corrected chi connectivity index (χ1v) is 11.9. The average Bonchev–Trinajstić information content (AvgIpc) is 3.26. The van der Waals surface area contributed by atoms with Crippen molar-refractivity contribution < 1.29 is 4.79 Å². The van der Waals surface area contributed by atoms with E-state index in [4.69, 9.17) is 0 Å². The highest BCUT2D eigenvalue weighted by atomic mass is 127. The molecule has 1 aromatic rings. The van der Waals surface area contributed by atoms with Crippen LogP contribution < -0.4 is 16.0 Å². The Morgan fingerprint density at radius 2 is 1.93 bits per heavy atom. The van der Waals surface area contributed by atoms with Gasteiger partial charge in [0.05, 0.1) is 0 Å². The molecule has 8 heteroatoms. The maximum atomic E-state index is 11.8. The van der Waals surface area contributed by atoms with Gasteiger partial charge in [0, 0.05) is 62.9 Å². The topological polar surface area (TPSA) is 68.8 Å². The van der Waals surface area contributed by atoms with Crippen LogP contribution in [0.2, 0.25) is 0 Å². The fourth-order valence-electron chi connectivity index (χ4n) is 4.48. The van der Waals surface area contributed by atoms with E-state index in [1.165, 1.54) is 50.3 Å². The minimum Gasteiger partial charge on any atom is -0.356 e. The molecule has 1 aliphatic heterocycles. The van der Waals surface area contributed by atoms with Gasteiger partial charge in [-0.15, -0.1) is 24.0 Å². The molecule has 0 unspecified atom stereocenters. The number of aliphatic imine (C=N–C) groups is 1. The Morgan fingerprint density at radius 3 is 2.60 bits per heavy atom. The second kappa shape index (κ2) is 12.8.